The maximum absolute atomic E-state index is 11.5. The van der Waals surface area contributed by atoms with Crippen molar-refractivity contribution in [1.29, 1.82) is 0 Å². The van der Waals surface area contributed by atoms with Gasteiger partial charge in [-0.2, -0.15) is 0 Å². The third kappa shape index (κ3) is 2.70. The van der Waals surface area contributed by atoms with E-state index in [0.29, 0.717) is 11.3 Å². The first-order valence-corrected chi connectivity index (χ1v) is 6.90. The molecule has 0 bridgehead atoms. The number of para-hydroxylation sites is 1. The molecule has 100 valence electrons. The summed E-state index contributed by atoms with van der Waals surface area (Å²) in [6.45, 7) is 2.03. The number of hydrogen-bond acceptors (Lipinski definition) is 4. The molecule has 0 aliphatic rings. The third-order valence-corrected chi connectivity index (χ3v) is 3.59. The topological polar surface area (TPSA) is 39.4 Å². The molecule has 0 aliphatic carbocycles. The Kier molecular flexibility index (Phi) is 3.48. The van der Waals surface area contributed by atoms with E-state index in [1.54, 1.807) is 6.07 Å². The molecule has 0 spiro atoms. The first-order valence-electron chi connectivity index (χ1n) is 6.16. The third-order valence-electron chi connectivity index (χ3n) is 2.86. The van der Waals surface area contributed by atoms with Gasteiger partial charge in [-0.25, -0.2) is 4.79 Å². The zero-order chi connectivity index (χ0) is 13.9. The summed E-state index contributed by atoms with van der Waals surface area (Å²) >= 11 is 1.23. The number of benzene rings is 2. The smallest absolute Gasteiger partial charge is 0.340 e. The van der Waals surface area contributed by atoms with E-state index in [-0.39, 0.29) is 0 Å². The molecule has 0 atom stereocenters. The minimum Gasteiger partial charge on any atom is -0.422 e. The van der Waals surface area contributed by atoms with Gasteiger partial charge < -0.3 is 8.60 Å². The van der Waals surface area contributed by atoms with Crippen molar-refractivity contribution in [3.63, 3.8) is 0 Å². The lowest BCUT2D eigenvalue weighted by Crippen LogP contribution is -1.97. The molecular formula is C16H12O3S. The molecule has 4 heteroatoms. The quantitative estimate of drug-likeness (QED) is 0.534. The van der Waals surface area contributed by atoms with Gasteiger partial charge in [-0.15, -0.1) is 0 Å². The van der Waals surface area contributed by atoms with E-state index in [2.05, 4.69) is 0 Å². The predicted octanol–water partition coefficient (Wildman–Crippen LogP) is 4.19. The lowest BCUT2D eigenvalue weighted by molar-refractivity contribution is 0.548. The van der Waals surface area contributed by atoms with Gasteiger partial charge in [0.15, 0.2) is 5.75 Å². The highest BCUT2D eigenvalue weighted by molar-refractivity contribution is 7.95. The zero-order valence-electron chi connectivity index (χ0n) is 10.8. The monoisotopic (exact) mass is 284 g/mol. The highest BCUT2D eigenvalue weighted by atomic mass is 32.2. The molecule has 0 fully saturated rings. The summed E-state index contributed by atoms with van der Waals surface area (Å²) in [4.78, 5) is 12.5. The molecule has 0 saturated heterocycles. The molecule has 0 aliphatic heterocycles. The fourth-order valence-corrected chi connectivity index (χ4v) is 2.41. The minimum atomic E-state index is -0.414. The van der Waals surface area contributed by atoms with Crippen LogP contribution in [0.15, 0.2) is 68.7 Å². The van der Waals surface area contributed by atoms with Crippen molar-refractivity contribution < 1.29 is 8.60 Å². The van der Waals surface area contributed by atoms with Gasteiger partial charge in [0.25, 0.3) is 0 Å². The first kappa shape index (κ1) is 12.8. The Labute approximate surface area is 120 Å². The number of fused-ring (bicyclic) bond motifs is 1. The average Bonchev–Trinajstić information content (AvgIpc) is 2.46. The predicted molar refractivity (Wildman–Crippen MR) is 80.1 cm³/mol. The van der Waals surface area contributed by atoms with Crippen molar-refractivity contribution in [2.24, 2.45) is 0 Å². The highest BCUT2D eigenvalue weighted by Crippen LogP contribution is 2.29. The summed E-state index contributed by atoms with van der Waals surface area (Å²) < 4.78 is 10.8. The average molecular weight is 284 g/mol. The molecule has 0 amide bonds. The van der Waals surface area contributed by atoms with Crippen LogP contribution in [0.2, 0.25) is 0 Å². The van der Waals surface area contributed by atoms with E-state index in [4.69, 9.17) is 8.60 Å². The van der Waals surface area contributed by atoms with Crippen LogP contribution in [0.25, 0.3) is 11.0 Å². The molecule has 1 aromatic heterocycles. The van der Waals surface area contributed by atoms with Crippen LogP contribution in [-0.2, 0) is 0 Å². The Bertz CT molecular complexity index is 791. The minimum absolute atomic E-state index is 0.414. The lowest BCUT2D eigenvalue weighted by atomic mass is 10.2. The van der Waals surface area contributed by atoms with Gasteiger partial charge in [-0.1, -0.05) is 29.8 Å². The number of hydrogen-bond donors (Lipinski definition) is 0. The van der Waals surface area contributed by atoms with Crippen molar-refractivity contribution in [3.05, 3.63) is 70.6 Å². The molecule has 20 heavy (non-hydrogen) atoms. The van der Waals surface area contributed by atoms with Gasteiger partial charge in [-0.3, -0.25) is 0 Å². The van der Waals surface area contributed by atoms with Crippen LogP contribution in [0.3, 0.4) is 0 Å². The summed E-state index contributed by atoms with van der Waals surface area (Å²) in [6, 6.07) is 16.7. The van der Waals surface area contributed by atoms with Crippen molar-refractivity contribution >= 4 is 23.0 Å². The van der Waals surface area contributed by atoms with Crippen molar-refractivity contribution in [2.45, 2.75) is 11.8 Å². The van der Waals surface area contributed by atoms with Crippen LogP contribution < -0.4 is 9.81 Å². The van der Waals surface area contributed by atoms with E-state index < -0.39 is 5.63 Å². The molecule has 0 saturated carbocycles. The summed E-state index contributed by atoms with van der Waals surface area (Å²) in [6.07, 6.45) is 0. The molecule has 3 nitrogen and oxygen atoms in total. The van der Waals surface area contributed by atoms with E-state index in [1.165, 1.54) is 23.7 Å². The van der Waals surface area contributed by atoms with Gasteiger partial charge >= 0.3 is 5.63 Å². The van der Waals surface area contributed by atoms with Crippen molar-refractivity contribution in [2.75, 3.05) is 0 Å². The number of aryl methyl sites for hydroxylation is 1. The molecular weight excluding hydrogens is 272 g/mol. The van der Waals surface area contributed by atoms with Crippen LogP contribution >= 0.6 is 12.0 Å². The molecule has 3 aromatic rings. The van der Waals surface area contributed by atoms with Gasteiger partial charge in [0, 0.05) is 4.90 Å². The van der Waals surface area contributed by atoms with E-state index >= 15 is 0 Å². The Morgan fingerprint density at radius 3 is 2.60 bits per heavy atom. The number of rotatable bonds is 3. The van der Waals surface area contributed by atoms with Crippen LogP contribution in [-0.4, -0.2) is 0 Å². The van der Waals surface area contributed by atoms with Crippen LogP contribution in [0.5, 0.6) is 5.75 Å². The van der Waals surface area contributed by atoms with Crippen LogP contribution in [0.4, 0.5) is 0 Å². The Morgan fingerprint density at radius 1 is 1.05 bits per heavy atom. The summed E-state index contributed by atoms with van der Waals surface area (Å²) in [5.41, 5.74) is 1.31. The summed E-state index contributed by atoms with van der Waals surface area (Å²) in [5, 5.41) is 0.784. The molecule has 2 aromatic carbocycles. The van der Waals surface area contributed by atoms with Gasteiger partial charge in [0.05, 0.1) is 23.5 Å². The SMILES string of the molecule is Cc1ccc(SOc2cc(=O)oc3ccccc23)cc1. The molecule has 0 unspecified atom stereocenters. The standard InChI is InChI=1S/C16H12O3S/c1-11-6-8-12(9-7-11)20-19-15-10-16(17)18-14-5-3-2-4-13(14)15/h2-10H,1H3. The normalized spacial score (nSPS) is 10.7. The zero-order valence-corrected chi connectivity index (χ0v) is 11.6. The second kappa shape index (κ2) is 5.43. The maximum atomic E-state index is 11.5. The summed E-state index contributed by atoms with van der Waals surface area (Å²) in [7, 11) is 0. The fourth-order valence-electron chi connectivity index (χ4n) is 1.84. The highest BCUT2D eigenvalue weighted by Gasteiger charge is 2.07. The Hall–Kier alpha value is -2.20. The maximum Gasteiger partial charge on any atom is 0.340 e. The second-order valence-corrected chi connectivity index (χ2v) is 5.21. The van der Waals surface area contributed by atoms with Crippen molar-refractivity contribution in [1.82, 2.24) is 0 Å². The largest absolute Gasteiger partial charge is 0.422 e. The van der Waals surface area contributed by atoms with E-state index in [9.17, 15) is 4.79 Å². The van der Waals surface area contributed by atoms with Gasteiger partial charge in [-0.05, 0) is 31.2 Å². The molecule has 0 radical (unpaired) electrons. The van der Waals surface area contributed by atoms with Crippen LogP contribution in [0, 0.1) is 6.92 Å². The summed E-state index contributed by atoms with van der Waals surface area (Å²) in [5.74, 6) is 0.516. The lowest BCUT2D eigenvalue weighted by Gasteiger charge is -2.06. The van der Waals surface area contributed by atoms with E-state index in [1.807, 2.05) is 49.4 Å². The van der Waals surface area contributed by atoms with E-state index in [0.717, 1.165) is 10.3 Å². The Balaban J connectivity index is 1.90. The van der Waals surface area contributed by atoms with Gasteiger partial charge in [0.2, 0.25) is 0 Å². The molecule has 0 N–H and O–H groups in total. The van der Waals surface area contributed by atoms with Crippen molar-refractivity contribution in [3.8, 4) is 5.75 Å². The Morgan fingerprint density at radius 2 is 1.80 bits per heavy atom. The van der Waals surface area contributed by atoms with Crippen LogP contribution in [0.1, 0.15) is 5.56 Å². The van der Waals surface area contributed by atoms with Gasteiger partial charge in [0.1, 0.15) is 5.58 Å². The fraction of sp³-hybridized carbons (Fsp3) is 0.0625. The first-order chi connectivity index (χ1) is 9.72. The second-order valence-electron chi connectivity index (χ2n) is 4.41. The molecule has 1 heterocycles. The molecule has 3 rings (SSSR count).